The number of hydrogen-bond acceptors (Lipinski definition) is 5. The van der Waals surface area contributed by atoms with E-state index in [1.165, 1.54) is 0 Å². The first-order valence-electron chi connectivity index (χ1n) is 13.1. The number of nitrogens with one attached hydrogen (secondary N) is 1. The average Bonchev–Trinajstić information content (AvgIpc) is 3.08. The SMILES string of the molecule is C[C@H](CCCNCC(=O)O)[C@H]1CC[C@H]2[C@@H]3[C@H](O)C[C@@H]4C[C@H](O)CC[C@]4(C)[C@H]3C[C@H](O)[C@]12C. The summed E-state index contributed by atoms with van der Waals surface area (Å²) in [5, 5.41) is 45.0. The Balaban J connectivity index is 1.47. The average molecular weight is 452 g/mol. The molecule has 4 aliphatic rings. The molecule has 4 rings (SSSR count). The van der Waals surface area contributed by atoms with Crippen molar-refractivity contribution in [3.63, 3.8) is 0 Å². The highest BCUT2D eigenvalue weighted by Crippen LogP contribution is 2.68. The Bertz CT molecular complexity index is 687. The summed E-state index contributed by atoms with van der Waals surface area (Å²) in [7, 11) is 0. The topological polar surface area (TPSA) is 110 Å². The van der Waals surface area contributed by atoms with Gasteiger partial charge in [0.05, 0.1) is 24.9 Å². The molecule has 0 bridgehead atoms. The van der Waals surface area contributed by atoms with Crippen molar-refractivity contribution in [3.8, 4) is 0 Å². The van der Waals surface area contributed by atoms with Gasteiger partial charge in [-0.05, 0) is 111 Å². The lowest BCUT2D eigenvalue weighted by molar-refractivity contribution is -0.207. The molecule has 6 heteroatoms. The molecule has 5 N–H and O–H groups in total. The van der Waals surface area contributed by atoms with Crippen molar-refractivity contribution in [1.82, 2.24) is 5.32 Å². The maximum absolute atomic E-state index is 11.6. The van der Waals surface area contributed by atoms with Crippen LogP contribution in [0.5, 0.6) is 0 Å². The van der Waals surface area contributed by atoms with E-state index in [1.807, 2.05) is 0 Å². The molecule has 0 aromatic heterocycles. The number of rotatable bonds is 7. The van der Waals surface area contributed by atoms with E-state index in [2.05, 4.69) is 26.1 Å². The Kier molecular flexibility index (Phi) is 7.00. The first kappa shape index (κ1) is 24.4. The number of carboxylic acid groups (broad SMARTS) is 1. The van der Waals surface area contributed by atoms with Crippen molar-refractivity contribution < 1.29 is 25.2 Å². The van der Waals surface area contributed by atoms with Crippen LogP contribution in [0.3, 0.4) is 0 Å². The number of hydrogen-bond donors (Lipinski definition) is 5. The van der Waals surface area contributed by atoms with Gasteiger partial charge in [0.2, 0.25) is 0 Å². The normalized spacial score (nSPS) is 49.1. The Labute approximate surface area is 193 Å². The van der Waals surface area contributed by atoms with Crippen LogP contribution in [0.4, 0.5) is 0 Å². The second kappa shape index (κ2) is 9.16. The molecule has 32 heavy (non-hydrogen) atoms. The molecule has 0 saturated heterocycles. The van der Waals surface area contributed by atoms with Gasteiger partial charge in [0.15, 0.2) is 0 Å². The third kappa shape index (κ3) is 4.03. The van der Waals surface area contributed by atoms with Crippen LogP contribution in [0.2, 0.25) is 0 Å². The van der Waals surface area contributed by atoms with Gasteiger partial charge in [-0.3, -0.25) is 4.79 Å². The maximum Gasteiger partial charge on any atom is 0.317 e. The highest BCUT2D eigenvalue weighted by molar-refractivity contribution is 5.68. The fourth-order valence-corrected chi connectivity index (χ4v) is 9.08. The van der Waals surface area contributed by atoms with Crippen molar-refractivity contribution in [1.29, 1.82) is 0 Å². The minimum absolute atomic E-state index is 0.00800. The van der Waals surface area contributed by atoms with Crippen LogP contribution >= 0.6 is 0 Å². The molecular weight excluding hydrogens is 406 g/mol. The largest absolute Gasteiger partial charge is 0.480 e. The monoisotopic (exact) mass is 451 g/mol. The van der Waals surface area contributed by atoms with Crippen molar-refractivity contribution in [2.75, 3.05) is 13.1 Å². The predicted molar refractivity (Wildman–Crippen MR) is 123 cm³/mol. The van der Waals surface area contributed by atoms with Crippen LogP contribution in [0.25, 0.3) is 0 Å². The molecule has 0 aromatic rings. The highest BCUT2D eigenvalue weighted by atomic mass is 16.4. The Hall–Kier alpha value is -0.690. The van der Waals surface area contributed by atoms with Crippen LogP contribution in [0, 0.1) is 46.3 Å². The number of fused-ring (bicyclic) bond motifs is 5. The first-order chi connectivity index (χ1) is 15.1. The molecule has 0 radical (unpaired) electrons. The van der Waals surface area contributed by atoms with Crippen molar-refractivity contribution in [3.05, 3.63) is 0 Å². The number of aliphatic hydroxyl groups excluding tert-OH is 3. The van der Waals surface area contributed by atoms with Gasteiger partial charge in [-0.2, -0.15) is 0 Å². The molecule has 4 fully saturated rings. The minimum Gasteiger partial charge on any atom is -0.480 e. The maximum atomic E-state index is 11.6. The fourth-order valence-electron chi connectivity index (χ4n) is 9.08. The van der Waals surface area contributed by atoms with Gasteiger partial charge >= 0.3 is 5.97 Å². The van der Waals surface area contributed by atoms with Gasteiger partial charge in [-0.25, -0.2) is 0 Å². The molecule has 11 atom stereocenters. The quantitative estimate of drug-likeness (QED) is 0.381. The second-order valence-electron chi connectivity index (χ2n) is 12.2. The summed E-state index contributed by atoms with van der Waals surface area (Å²) >= 11 is 0. The lowest BCUT2D eigenvalue weighted by Gasteiger charge is -2.63. The number of carbonyl (C=O) groups is 1. The van der Waals surface area contributed by atoms with E-state index in [4.69, 9.17) is 5.11 Å². The summed E-state index contributed by atoms with van der Waals surface area (Å²) in [6, 6.07) is 0. The van der Waals surface area contributed by atoms with Crippen LogP contribution in [0.15, 0.2) is 0 Å². The van der Waals surface area contributed by atoms with Crippen LogP contribution in [-0.4, -0.2) is 57.8 Å². The van der Waals surface area contributed by atoms with E-state index in [0.717, 1.165) is 57.8 Å². The van der Waals surface area contributed by atoms with Gasteiger partial charge in [0, 0.05) is 0 Å². The molecule has 0 aromatic carbocycles. The van der Waals surface area contributed by atoms with Gasteiger partial charge in [-0.15, -0.1) is 0 Å². The van der Waals surface area contributed by atoms with Crippen LogP contribution in [-0.2, 0) is 4.79 Å². The molecule has 0 spiro atoms. The minimum atomic E-state index is -0.821. The van der Waals surface area contributed by atoms with Crippen molar-refractivity contribution in [2.45, 2.75) is 96.9 Å². The predicted octanol–water partition coefficient (Wildman–Crippen LogP) is 3.04. The summed E-state index contributed by atoms with van der Waals surface area (Å²) in [6.45, 7) is 7.68. The standard InChI is InChI=1S/C26H45NO5/c1-15(5-4-10-27-14-23(31)32)18-6-7-19-24-20(13-22(30)26(18,19)3)25(2)9-8-17(28)11-16(25)12-21(24)29/h15-22,24,27-30H,4-14H2,1-3H3,(H,31,32)/t15-,16+,17-,18-,19+,20+,21-,22+,24+,25+,26-/m1/s1. The lowest BCUT2D eigenvalue weighted by atomic mass is 9.43. The first-order valence-corrected chi connectivity index (χ1v) is 13.1. The van der Waals surface area contributed by atoms with E-state index in [-0.39, 0.29) is 41.6 Å². The molecule has 4 aliphatic carbocycles. The Morgan fingerprint density at radius 2 is 1.81 bits per heavy atom. The molecular formula is C26H45NO5. The van der Waals surface area contributed by atoms with Gasteiger partial charge in [0.1, 0.15) is 0 Å². The molecule has 0 unspecified atom stereocenters. The van der Waals surface area contributed by atoms with Gasteiger partial charge in [0.25, 0.3) is 0 Å². The van der Waals surface area contributed by atoms with Gasteiger partial charge < -0.3 is 25.7 Å². The van der Waals surface area contributed by atoms with E-state index >= 15 is 0 Å². The Morgan fingerprint density at radius 3 is 2.53 bits per heavy atom. The molecule has 0 aliphatic heterocycles. The highest BCUT2D eigenvalue weighted by Gasteiger charge is 2.65. The molecule has 6 nitrogen and oxygen atoms in total. The molecule has 0 heterocycles. The summed E-state index contributed by atoms with van der Waals surface area (Å²) in [4.78, 5) is 10.7. The summed E-state index contributed by atoms with van der Waals surface area (Å²) in [6.07, 6.45) is 7.48. The van der Waals surface area contributed by atoms with Gasteiger partial charge in [-0.1, -0.05) is 20.8 Å². The third-order valence-electron chi connectivity index (χ3n) is 10.8. The second-order valence-corrected chi connectivity index (χ2v) is 12.2. The van der Waals surface area contributed by atoms with E-state index in [1.54, 1.807) is 0 Å². The number of aliphatic hydroxyl groups is 3. The fraction of sp³-hybridized carbons (Fsp3) is 0.962. The lowest BCUT2D eigenvalue weighted by Crippen LogP contribution is -2.62. The smallest absolute Gasteiger partial charge is 0.317 e. The summed E-state index contributed by atoms with van der Waals surface area (Å²) < 4.78 is 0. The van der Waals surface area contributed by atoms with E-state index in [9.17, 15) is 20.1 Å². The summed E-state index contributed by atoms with van der Waals surface area (Å²) in [5.74, 6) is 1.39. The molecule has 0 amide bonds. The van der Waals surface area contributed by atoms with E-state index in [0.29, 0.717) is 36.1 Å². The molecule has 4 saturated carbocycles. The third-order valence-corrected chi connectivity index (χ3v) is 10.8. The Morgan fingerprint density at radius 1 is 1.06 bits per heavy atom. The zero-order valence-electron chi connectivity index (χ0n) is 20.2. The molecule has 184 valence electrons. The summed E-state index contributed by atoms with van der Waals surface area (Å²) in [5.41, 5.74) is -0.0433. The van der Waals surface area contributed by atoms with Crippen LogP contribution < -0.4 is 5.32 Å². The van der Waals surface area contributed by atoms with E-state index < -0.39 is 5.97 Å². The zero-order chi connectivity index (χ0) is 23.3. The zero-order valence-corrected chi connectivity index (χ0v) is 20.2. The van der Waals surface area contributed by atoms with Crippen molar-refractivity contribution in [2.24, 2.45) is 46.3 Å². The van der Waals surface area contributed by atoms with Crippen LogP contribution in [0.1, 0.15) is 78.6 Å². The van der Waals surface area contributed by atoms with Crippen molar-refractivity contribution >= 4 is 5.97 Å². The number of carboxylic acids is 1. The number of aliphatic carboxylic acids is 1.